The average molecular weight is 507 g/mol. The molecule has 0 aromatic rings. The molecular formula is C18H37F3IN5. The third-order valence-electron chi connectivity index (χ3n) is 4.33. The largest absolute Gasteiger partial charge is 0.401 e. The lowest BCUT2D eigenvalue weighted by atomic mass is 9.93. The van der Waals surface area contributed by atoms with Gasteiger partial charge in [0.2, 0.25) is 0 Å². The monoisotopic (exact) mass is 507 g/mol. The van der Waals surface area contributed by atoms with Crippen molar-refractivity contribution < 1.29 is 13.2 Å². The van der Waals surface area contributed by atoms with Crippen LogP contribution in [0, 0.1) is 5.92 Å². The highest BCUT2D eigenvalue weighted by Crippen LogP contribution is 2.24. The van der Waals surface area contributed by atoms with Crippen LogP contribution in [0.4, 0.5) is 13.2 Å². The highest BCUT2D eigenvalue weighted by Gasteiger charge is 2.32. The minimum atomic E-state index is -4.09. The maximum absolute atomic E-state index is 12.4. The summed E-state index contributed by atoms with van der Waals surface area (Å²) in [4.78, 5) is 6.10. The molecule has 1 rings (SSSR count). The van der Waals surface area contributed by atoms with Gasteiger partial charge in [0.25, 0.3) is 0 Å². The number of nitrogens with zero attached hydrogens (tertiary/aromatic N) is 2. The van der Waals surface area contributed by atoms with E-state index in [0.717, 1.165) is 44.9 Å². The molecule has 1 aliphatic rings. The van der Waals surface area contributed by atoms with E-state index < -0.39 is 12.7 Å². The molecule has 9 heteroatoms. The zero-order valence-electron chi connectivity index (χ0n) is 17.1. The van der Waals surface area contributed by atoms with E-state index in [0.29, 0.717) is 25.6 Å². The Hall–Kier alpha value is -0.290. The number of guanidine groups is 1. The summed E-state index contributed by atoms with van der Waals surface area (Å²) in [6.07, 6.45) is -1.52. The predicted molar refractivity (Wildman–Crippen MR) is 117 cm³/mol. The third-order valence-corrected chi connectivity index (χ3v) is 4.33. The normalized spacial score (nSPS) is 17.5. The number of nitrogens with one attached hydrogen (secondary N) is 3. The molecule has 1 saturated heterocycles. The lowest BCUT2D eigenvalue weighted by Gasteiger charge is -2.32. The van der Waals surface area contributed by atoms with Gasteiger partial charge in [-0.1, -0.05) is 0 Å². The van der Waals surface area contributed by atoms with Crippen molar-refractivity contribution in [3.05, 3.63) is 0 Å². The van der Waals surface area contributed by atoms with Gasteiger partial charge in [0.15, 0.2) is 5.96 Å². The maximum atomic E-state index is 12.4. The van der Waals surface area contributed by atoms with Crippen LogP contribution in [0.1, 0.15) is 47.0 Å². The summed E-state index contributed by atoms with van der Waals surface area (Å²) in [5.41, 5.74) is 0.0954. The molecule has 5 nitrogen and oxygen atoms in total. The minimum Gasteiger partial charge on any atom is -0.357 e. The van der Waals surface area contributed by atoms with Gasteiger partial charge >= 0.3 is 6.18 Å². The van der Waals surface area contributed by atoms with Crippen molar-refractivity contribution in [1.29, 1.82) is 0 Å². The molecule has 0 aliphatic carbocycles. The molecular weight excluding hydrogens is 470 g/mol. The molecule has 27 heavy (non-hydrogen) atoms. The van der Waals surface area contributed by atoms with Crippen LogP contribution in [0.5, 0.6) is 0 Å². The van der Waals surface area contributed by atoms with Gasteiger partial charge in [-0.05, 0) is 66.0 Å². The summed E-state index contributed by atoms with van der Waals surface area (Å²) >= 11 is 0. The van der Waals surface area contributed by atoms with Crippen LogP contribution < -0.4 is 16.0 Å². The lowest BCUT2D eigenvalue weighted by Crippen LogP contribution is -2.44. The van der Waals surface area contributed by atoms with Gasteiger partial charge in [0.1, 0.15) is 0 Å². The van der Waals surface area contributed by atoms with E-state index >= 15 is 0 Å². The van der Waals surface area contributed by atoms with E-state index in [9.17, 15) is 13.2 Å². The molecule has 0 atom stereocenters. The van der Waals surface area contributed by atoms with Crippen LogP contribution in [-0.2, 0) is 0 Å². The van der Waals surface area contributed by atoms with Crippen LogP contribution >= 0.6 is 24.0 Å². The Morgan fingerprint density at radius 2 is 1.70 bits per heavy atom. The van der Waals surface area contributed by atoms with Crippen molar-refractivity contribution in [2.24, 2.45) is 10.9 Å². The molecule has 3 N–H and O–H groups in total. The van der Waals surface area contributed by atoms with Gasteiger partial charge in [0.05, 0.1) is 6.54 Å². The van der Waals surface area contributed by atoms with Gasteiger partial charge in [-0.3, -0.25) is 9.89 Å². The fourth-order valence-corrected chi connectivity index (χ4v) is 3.01. The second kappa shape index (κ2) is 13.0. The topological polar surface area (TPSA) is 51.7 Å². The molecule has 0 radical (unpaired) electrons. The average Bonchev–Trinajstić information content (AvgIpc) is 2.51. The van der Waals surface area contributed by atoms with Crippen LogP contribution in [-0.4, -0.2) is 68.4 Å². The maximum Gasteiger partial charge on any atom is 0.401 e. The molecule has 0 amide bonds. The summed E-state index contributed by atoms with van der Waals surface area (Å²) in [5.74, 6) is 1.27. The second-order valence-corrected chi connectivity index (χ2v) is 7.99. The van der Waals surface area contributed by atoms with E-state index in [4.69, 9.17) is 0 Å². The molecule has 0 bridgehead atoms. The van der Waals surface area contributed by atoms with Crippen molar-refractivity contribution in [1.82, 2.24) is 20.9 Å². The Kier molecular flexibility index (Phi) is 12.9. The first-order valence-corrected chi connectivity index (χ1v) is 9.65. The first kappa shape index (κ1) is 26.7. The van der Waals surface area contributed by atoms with Crippen molar-refractivity contribution in [2.45, 2.75) is 58.7 Å². The summed E-state index contributed by atoms with van der Waals surface area (Å²) in [6.45, 7) is 11.8. The molecule has 0 aromatic carbocycles. The zero-order valence-corrected chi connectivity index (χ0v) is 19.4. The first-order chi connectivity index (χ1) is 12.1. The molecule has 1 aliphatic heterocycles. The highest BCUT2D eigenvalue weighted by atomic mass is 127. The SMILES string of the molecule is CCNC(=NCCC1CCN(CC(F)(F)F)CC1)NCCNC(C)(C)C.I. The van der Waals surface area contributed by atoms with E-state index in [2.05, 4.69) is 41.7 Å². The molecule has 0 aromatic heterocycles. The summed E-state index contributed by atoms with van der Waals surface area (Å²) in [7, 11) is 0. The van der Waals surface area contributed by atoms with Gasteiger partial charge in [-0.15, -0.1) is 24.0 Å². The molecule has 1 fully saturated rings. The standard InChI is InChI=1S/C18H36F3N5.HI/c1-5-22-16(24-10-11-25-17(2,3)4)23-9-6-15-7-12-26(13-8-15)14-18(19,20)21;/h15,25H,5-14H2,1-4H3,(H2,22,23,24);1H. The van der Waals surface area contributed by atoms with Crippen molar-refractivity contribution >= 4 is 29.9 Å². The summed E-state index contributed by atoms with van der Waals surface area (Å²) in [6, 6.07) is 0. The molecule has 0 spiro atoms. The van der Waals surface area contributed by atoms with Crippen LogP contribution in [0.15, 0.2) is 4.99 Å². The highest BCUT2D eigenvalue weighted by molar-refractivity contribution is 14.0. The number of halogens is 4. The number of hydrogen-bond donors (Lipinski definition) is 3. The van der Waals surface area contributed by atoms with Crippen LogP contribution in [0.3, 0.4) is 0 Å². The smallest absolute Gasteiger partial charge is 0.357 e. The zero-order chi connectivity index (χ0) is 19.6. The first-order valence-electron chi connectivity index (χ1n) is 9.65. The Morgan fingerprint density at radius 3 is 2.22 bits per heavy atom. The van der Waals surface area contributed by atoms with Crippen LogP contribution in [0.25, 0.3) is 0 Å². The Bertz CT molecular complexity index is 416. The van der Waals surface area contributed by atoms with E-state index in [1.807, 2.05) is 6.92 Å². The summed E-state index contributed by atoms with van der Waals surface area (Å²) < 4.78 is 37.2. The number of likely N-dealkylation sites (tertiary alicyclic amines) is 1. The number of alkyl halides is 3. The molecule has 162 valence electrons. The molecule has 0 unspecified atom stereocenters. The summed E-state index contributed by atoms with van der Waals surface area (Å²) in [5, 5.41) is 9.95. The number of rotatable bonds is 8. The second-order valence-electron chi connectivity index (χ2n) is 7.99. The third kappa shape index (κ3) is 14.4. The number of piperidine rings is 1. The van der Waals surface area contributed by atoms with Gasteiger partial charge in [-0.25, -0.2) is 0 Å². The Labute approximate surface area is 179 Å². The Morgan fingerprint density at radius 1 is 1.07 bits per heavy atom. The van der Waals surface area contributed by atoms with Crippen LogP contribution in [0.2, 0.25) is 0 Å². The fraction of sp³-hybridized carbons (Fsp3) is 0.944. The van der Waals surface area contributed by atoms with E-state index in [-0.39, 0.29) is 29.5 Å². The molecule has 0 saturated carbocycles. The lowest BCUT2D eigenvalue weighted by molar-refractivity contribution is -0.148. The molecule has 1 heterocycles. The van der Waals surface area contributed by atoms with E-state index in [1.54, 1.807) is 0 Å². The fourth-order valence-electron chi connectivity index (χ4n) is 3.01. The number of aliphatic imine (C=N–C) groups is 1. The minimum absolute atomic E-state index is 0. The van der Waals surface area contributed by atoms with E-state index in [1.165, 1.54) is 4.90 Å². The van der Waals surface area contributed by atoms with Crippen molar-refractivity contribution in [3.8, 4) is 0 Å². The Balaban J connectivity index is 0.00000676. The quantitative estimate of drug-likeness (QED) is 0.205. The van der Waals surface area contributed by atoms with Gasteiger partial charge in [0, 0.05) is 31.7 Å². The predicted octanol–water partition coefficient (Wildman–Crippen LogP) is 3.21. The van der Waals surface area contributed by atoms with Gasteiger partial charge in [-0.2, -0.15) is 13.2 Å². The van der Waals surface area contributed by atoms with Gasteiger partial charge < -0.3 is 16.0 Å². The number of hydrogen-bond acceptors (Lipinski definition) is 3. The van der Waals surface area contributed by atoms with Crippen molar-refractivity contribution in [3.63, 3.8) is 0 Å². The van der Waals surface area contributed by atoms with Crippen molar-refractivity contribution in [2.75, 3.05) is 45.8 Å².